The van der Waals surface area contributed by atoms with Gasteiger partial charge >= 0.3 is 0 Å². The van der Waals surface area contributed by atoms with Crippen LogP contribution in [0.5, 0.6) is 0 Å². The van der Waals surface area contributed by atoms with E-state index >= 15 is 0 Å². The molecule has 1 aliphatic rings. The van der Waals surface area contributed by atoms with Gasteiger partial charge in [0, 0.05) is 38.0 Å². The number of carbonyl (C=O) groups excluding carboxylic acids is 1. The highest BCUT2D eigenvalue weighted by Crippen LogP contribution is 2.35. The largest absolute Gasteiger partial charge is 0.465 e. The molecule has 2 unspecified atom stereocenters. The number of rotatable bonds is 8. The average Bonchev–Trinajstić information content (AvgIpc) is 3.27. The van der Waals surface area contributed by atoms with E-state index in [1.807, 2.05) is 49.9 Å². The lowest BCUT2D eigenvalue weighted by molar-refractivity contribution is -0.135. The van der Waals surface area contributed by atoms with Gasteiger partial charge in [-0.2, -0.15) is 0 Å². The maximum absolute atomic E-state index is 13.5. The Kier molecular flexibility index (Phi) is 7.35. The molecule has 2 heterocycles. The zero-order chi connectivity index (χ0) is 21.8. The lowest BCUT2D eigenvalue weighted by Gasteiger charge is -2.31. The van der Waals surface area contributed by atoms with Crippen molar-refractivity contribution in [2.45, 2.75) is 47.1 Å². The molecule has 0 bridgehead atoms. The molecule has 0 spiro atoms. The molecule has 0 saturated carbocycles. The number of hydrogen-bond donors (Lipinski definition) is 0. The Morgan fingerprint density at radius 3 is 2.40 bits per heavy atom. The van der Waals surface area contributed by atoms with E-state index in [-0.39, 0.29) is 23.6 Å². The minimum Gasteiger partial charge on any atom is -0.465 e. The van der Waals surface area contributed by atoms with Gasteiger partial charge in [-0.05, 0) is 48.6 Å². The van der Waals surface area contributed by atoms with E-state index in [0.29, 0.717) is 11.8 Å². The number of hydrogen-bond acceptors (Lipinski definition) is 3. The van der Waals surface area contributed by atoms with E-state index in [0.717, 1.165) is 49.8 Å². The zero-order valence-corrected chi connectivity index (χ0v) is 18.9. The number of likely N-dealkylation sites (tertiary alicyclic amines) is 1. The second-order valence-corrected chi connectivity index (χ2v) is 9.42. The Morgan fingerprint density at radius 1 is 1.13 bits per heavy atom. The summed E-state index contributed by atoms with van der Waals surface area (Å²) in [5.74, 6) is 2.83. The molecule has 4 nitrogen and oxygen atoms in total. The van der Waals surface area contributed by atoms with Gasteiger partial charge in [-0.1, -0.05) is 39.8 Å². The molecule has 1 saturated heterocycles. The van der Waals surface area contributed by atoms with Gasteiger partial charge < -0.3 is 9.32 Å². The van der Waals surface area contributed by atoms with Crippen molar-refractivity contribution in [3.05, 3.63) is 59.3 Å². The Morgan fingerprint density at radius 2 is 1.83 bits per heavy atom. The maximum Gasteiger partial charge on any atom is 0.225 e. The van der Waals surface area contributed by atoms with Gasteiger partial charge in [0.15, 0.2) is 0 Å². The molecule has 5 heteroatoms. The molecule has 1 amide bonds. The van der Waals surface area contributed by atoms with E-state index in [4.69, 9.17) is 4.42 Å². The van der Waals surface area contributed by atoms with Crippen LogP contribution in [0.15, 0.2) is 40.8 Å². The lowest BCUT2D eigenvalue weighted by atomic mass is 9.88. The summed E-state index contributed by atoms with van der Waals surface area (Å²) in [5, 5.41) is 0. The molecule has 164 valence electrons. The van der Waals surface area contributed by atoms with Crippen LogP contribution in [0, 0.1) is 30.5 Å². The van der Waals surface area contributed by atoms with Crippen LogP contribution < -0.4 is 0 Å². The lowest BCUT2D eigenvalue weighted by Crippen LogP contribution is -2.41. The third-order valence-electron chi connectivity index (χ3n) is 5.84. The quantitative estimate of drug-likeness (QED) is 0.604. The Hall–Kier alpha value is -2.14. The molecule has 1 aliphatic heterocycles. The maximum atomic E-state index is 13.5. The predicted octanol–water partition coefficient (Wildman–Crippen LogP) is 5.08. The van der Waals surface area contributed by atoms with E-state index in [2.05, 4.69) is 18.7 Å². The third-order valence-corrected chi connectivity index (χ3v) is 5.84. The molecular weight excluding hydrogens is 379 g/mol. The van der Waals surface area contributed by atoms with Crippen molar-refractivity contribution >= 4 is 5.91 Å². The Bertz CT molecular complexity index is 828. The highest BCUT2D eigenvalue weighted by Gasteiger charge is 2.36. The molecule has 1 aromatic carbocycles. The van der Waals surface area contributed by atoms with Crippen LogP contribution in [-0.4, -0.2) is 41.9 Å². The van der Waals surface area contributed by atoms with Crippen molar-refractivity contribution in [1.29, 1.82) is 0 Å². The third kappa shape index (κ3) is 5.72. The topological polar surface area (TPSA) is 36.7 Å². The summed E-state index contributed by atoms with van der Waals surface area (Å²) in [6, 6.07) is 10.9. The van der Waals surface area contributed by atoms with Crippen molar-refractivity contribution in [1.82, 2.24) is 9.80 Å². The van der Waals surface area contributed by atoms with Crippen LogP contribution >= 0.6 is 0 Å². The van der Waals surface area contributed by atoms with Crippen molar-refractivity contribution in [2.24, 2.45) is 17.8 Å². The Labute approximate surface area is 180 Å². The average molecular weight is 415 g/mol. The molecule has 2 atom stereocenters. The van der Waals surface area contributed by atoms with Crippen molar-refractivity contribution in [2.75, 3.05) is 26.2 Å². The van der Waals surface area contributed by atoms with E-state index in [1.54, 1.807) is 0 Å². The number of nitrogens with zero attached hydrogens (tertiary/aromatic N) is 2. The summed E-state index contributed by atoms with van der Waals surface area (Å²) in [5.41, 5.74) is 1.14. The molecule has 30 heavy (non-hydrogen) atoms. The van der Waals surface area contributed by atoms with Gasteiger partial charge in [0.2, 0.25) is 5.91 Å². The zero-order valence-electron chi connectivity index (χ0n) is 18.9. The fraction of sp³-hybridized carbons (Fsp3) is 0.560. The number of halogens is 1. The van der Waals surface area contributed by atoms with E-state index in [1.165, 1.54) is 12.1 Å². The second kappa shape index (κ2) is 9.78. The summed E-state index contributed by atoms with van der Waals surface area (Å²) in [4.78, 5) is 17.3. The smallest absolute Gasteiger partial charge is 0.225 e. The molecule has 1 fully saturated rings. The first-order chi connectivity index (χ1) is 14.2. The minimum atomic E-state index is -0.215. The first-order valence-electron chi connectivity index (χ1n) is 11.0. The van der Waals surface area contributed by atoms with Crippen molar-refractivity contribution < 1.29 is 13.6 Å². The number of benzene rings is 1. The molecule has 3 rings (SSSR count). The number of carbonyl (C=O) groups is 1. The van der Waals surface area contributed by atoms with Crippen LogP contribution in [0.2, 0.25) is 0 Å². The van der Waals surface area contributed by atoms with Crippen molar-refractivity contribution in [3.63, 3.8) is 0 Å². The highest BCUT2D eigenvalue weighted by atomic mass is 19.1. The van der Waals surface area contributed by atoms with Crippen LogP contribution in [0.1, 0.15) is 50.7 Å². The fourth-order valence-electron chi connectivity index (χ4n) is 4.50. The van der Waals surface area contributed by atoms with Gasteiger partial charge in [-0.3, -0.25) is 9.69 Å². The molecule has 1 aromatic heterocycles. The van der Waals surface area contributed by atoms with Gasteiger partial charge in [-0.25, -0.2) is 4.39 Å². The summed E-state index contributed by atoms with van der Waals surface area (Å²) in [6.07, 6.45) is 0. The van der Waals surface area contributed by atoms with Gasteiger partial charge in [-0.15, -0.1) is 0 Å². The van der Waals surface area contributed by atoms with Gasteiger partial charge in [0.1, 0.15) is 17.3 Å². The molecule has 0 N–H and O–H groups in total. The number of furan rings is 1. The number of amides is 1. The van der Waals surface area contributed by atoms with E-state index in [9.17, 15) is 9.18 Å². The summed E-state index contributed by atoms with van der Waals surface area (Å²) >= 11 is 0. The molecule has 0 radical (unpaired) electrons. The van der Waals surface area contributed by atoms with Crippen LogP contribution in [-0.2, 0) is 11.3 Å². The summed E-state index contributed by atoms with van der Waals surface area (Å²) in [6.45, 7) is 14.2. The highest BCUT2D eigenvalue weighted by molar-refractivity contribution is 5.78. The van der Waals surface area contributed by atoms with Crippen LogP contribution in [0.25, 0.3) is 0 Å². The molecule has 0 aliphatic carbocycles. The van der Waals surface area contributed by atoms with Gasteiger partial charge in [0.25, 0.3) is 0 Å². The van der Waals surface area contributed by atoms with E-state index < -0.39 is 0 Å². The molecular formula is C25H35FN2O2. The fourth-order valence-corrected chi connectivity index (χ4v) is 4.50. The standard InChI is InChI=1S/C25H35FN2O2/c1-17(2)12-28(25(29)18(3)4)14-21-13-27(15-23-11-6-19(5)30-23)16-24(21)20-7-9-22(26)10-8-20/h6-11,17-18,21,24H,12-16H2,1-5H3. The summed E-state index contributed by atoms with van der Waals surface area (Å²) < 4.78 is 19.3. The first kappa shape index (κ1) is 22.5. The van der Waals surface area contributed by atoms with Crippen LogP contribution in [0.4, 0.5) is 4.39 Å². The predicted molar refractivity (Wildman–Crippen MR) is 118 cm³/mol. The second-order valence-electron chi connectivity index (χ2n) is 9.42. The molecule has 2 aromatic rings. The minimum absolute atomic E-state index is 0.0170. The van der Waals surface area contributed by atoms with Crippen molar-refractivity contribution in [3.8, 4) is 0 Å². The summed E-state index contributed by atoms with van der Waals surface area (Å²) in [7, 11) is 0. The normalized spacial score (nSPS) is 19.7. The first-order valence-corrected chi connectivity index (χ1v) is 11.0. The van der Waals surface area contributed by atoms with Crippen LogP contribution in [0.3, 0.4) is 0 Å². The van der Waals surface area contributed by atoms with Gasteiger partial charge in [0.05, 0.1) is 6.54 Å². The Balaban J connectivity index is 1.81. The monoisotopic (exact) mass is 414 g/mol. The SMILES string of the molecule is Cc1ccc(CN2CC(CN(CC(C)C)C(=O)C(C)C)C(c3ccc(F)cc3)C2)o1. The number of aryl methyl sites for hydroxylation is 1.